The van der Waals surface area contributed by atoms with Gasteiger partial charge >= 0.3 is 0 Å². The number of likely N-dealkylation sites (tertiary alicyclic amines) is 1. The van der Waals surface area contributed by atoms with Crippen LogP contribution in [0.3, 0.4) is 0 Å². The highest BCUT2D eigenvalue weighted by Crippen LogP contribution is 2.22. The van der Waals surface area contributed by atoms with Gasteiger partial charge in [-0.05, 0) is 43.5 Å². The van der Waals surface area contributed by atoms with E-state index in [1.165, 1.54) is 11.3 Å². The van der Waals surface area contributed by atoms with E-state index in [1.54, 1.807) is 12.4 Å². The molecule has 1 saturated heterocycles. The van der Waals surface area contributed by atoms with Crippen molar-refractivity contribution in [2.75, 3.05) is 20.1 Å². The quantitative estimate of drug-likeness (QED) is 0.867. The molecular weight excluding hydrogens is 296 g/mol. The summed E-state index contributed by atoms with van der Waals surface area (Å²) in [6.45, 7) is 4.31. The number of amides is 1. The van der Waals surface area contributed by atoms with Crippen LogP contribution in [0.4, 0.5) is 0 Å². The molecule has 1 atom stereocenters. The third-order valence-corrected chi connectivity index (χ3v) is 5.14. The zero-order chi connectivity index (χ0) is 15.5. The van der Waals surface area contributed by atoms with Gasteiger partial charge in [0.2, 0.25) is 0 Å². The number of carbonyl (C=O) groups is 1. The highest BCUT2D eigenvalue weighted by Gasteiger charge is 2.30. The molecule has 3 rings (SSSR count). The zero-order valence-corrected chi connectivity index (χ0v) is 13.7. The molecule has 116 valence electrons. The molecule has 1 unspecified atom stereocenters. The molecule has 1 amide bonds. The summed E-state index contributed by atoms with van der Waals surface area (Å²) in [4.78, 5) is 26.2. The van der Waals surface area contributed by atoms with E-state index in [4.69, 9.17) is 0 Å². The number of aryl methyl sites for hydroxylation is 1. The predicted molar refractivity (Wildman–Crippen MR) is 86.9 cm³/mol. The summed E-state index contributed by atoms with van der Waals surface area (Å²) < 4.78 is 0. The minimum absolute atomic E-state index is 0.166. The summed E-state index contributed by atoms with van der Waals surface area (Å²) in [6.07, 6.45) is 4.53. The Bertz CT molecular complexity index is 643. The maximum Gasteiger partial charge on any atom is 0.264 e. The molecule has 2 aromatic heterocycles. The predicted octanol–water partition coefficient (Wildman–Crippen LogP) is 2.19. The van der Waals surface area contributed by atoms with Crippen molar-refractivity contribution in [3.05, 3.63) is 46.2 Å². The Morgan fingerprint density at radius 2 is 2.23 bits per heavy atom. The normalized spacial score (nSPS) is 18.1. The first-order chi connectivity index (χ1) is 10.6. The lowest BCUT2D eigenvalue weighted by atomic mass is 10.2. The molecule has 3 heterocycles. The van der Waals surface area contributed by atoms with Gasteiger partial charge in [0.1, 0.15) is 5.82 Å². The van der Waals surface area contributed by atoms with Crippen LogP contribution in [0.25, 0.3) is 0 Å². The van der Waals surface area contributed by atoms with E-state index >= 15 is 0 Å². The molecule has 0 saturated carbocycles. The van der Waals surface area contributed by atoms with Crippen molar-refractivity contribution in [1.29, 1.82) is 0 Å². The molecule has 0 aliphatic carbocycles. The van der Waals surface area contributed by atoms with Crippen molar-refractivity contribution in [3.63, 3.8) is 0 Å². The first-order valence-electron chi connectivity index (χ1n) is 7.44. The molecule has 5 nitrogen and oxygen atoms in total. The topological polar surface area (TPSA) is 49.3 Å². The van der Waals surface area contributed by atoms with Gasteiger partial charge in [-0.15, -0.1) is 11.3 Å². The molecule has 6 heteroatoms. The van der Waals surface area contributed by atoms with Crippen molar-refractivity contribution < 1.29 is 4.79 Å². The molecule has 0 bridgehead atoms. The Kier molecular flexibility index (Phi) is 4.49. The average molecular weight is 316 g/mol. The molecule has 0 N–H and O–H groups in total. The molecule has 1 fully saturated rings. The lowest BCUT2D eigenvalue weighted by molar-refractivity contribution is 0.0783. The van der Waals surface area contributed by atoms with Gasteiger partial charge in [0, 0.05) is 31.5 Å². The van der Waals surface area contributed by atoms with Gasteiger partial charge in [0.25, 0.3) is 5.91 Å². The van der Waals surface area contributed by atoms with Gasteiger partial charge in [-0.3, -0.25) is 9.69 Å². The fourth-order valence-electron chi connectivity index (χ4n) is 2.79. The van der Waals surface area contributed by atoms with E-state index in [-0.39, 0.29) is 5.91 Å². The van der Waals surface area contributed by atoms with Gasteiger partial charge in [0.15, 0.2) is 0 Å². The highest BCUT2D eigenvalue weighted by molar-refractivity contribution is 7.12. The minimum atomic E-state index is 0.166. The van der Waals surface area contributed by atoms with E-state index in [2.05, 4.69) is 21.9 Å². The fraction of sp³-hybridized carbons (Fsp3) is 0.438. The summed E-state index contributed by atoms with van der Waals surface area (Å²) in [6, 6.07) is 4.20. The maximum absolute atomic E-state index is 12.5. The second-order valence-corrected chi connectivity index (χ2v) is 6.62. The summed E-state index contributed by atoms with van der Waals surface area (Å²) in [5.74, 6) is 0.989. The number of aromatic nitrogens is 2. The average Bonchev–Trinajstić information content (AvgIpc) is 3.16. The third kappa shape index (κ3) is 3.18. The largest absolute Gasteiger partial charge is 0.336 e. The molecular formula is C16H20N4OS. The van der Waals surface area contributed by atoms with Crippen LogP contribution in [-0.2, 0) is 6.54 Å². The van der Waals surface area contributed by atoms with Crippen molar-refractivity contribution in [2.45, 2.75) is 25.9 Å². The van der Waals surface area contributed by atoms with Crippen molar-refractivity contribution >= 4 is 17.2 Å². The Morgan fingerprint density at radius 3 is 2.91 bits per heavy atom. The van der Waals surface area contributed by atoms with Gasteiger partial charge in [-0.1, -0.05) is 0 Å². The van der Waals surface area contributed by atoms with Crippen molar-refractivity contribution in [3.8, 4) is 0 Å². The van der Waals surface area contributed by atoms with Crippen LogP contribution in [0.5, 0.6) is 0 Å². The van der Waals surface area contributed by atoms with Crippen LogP contribution in [0, 0.1) is 6.92 Å². The lowest BCUT2D eigenvalue weighted by Gasteiger charge is -2.23. The molecule has 22 heavy (non-hydrogen) atoms. The van der Waals surface area contributed by atoms with Crippen molar-refractivity contribution in [2.24, 2.45) is 0 Å². The molecule has 1 aliphatic rings. The Balaban J connectivity index is 1.60. The Morgan fingerprint density at radius 1 is 1.45 bits per heavy atom. The molecule has 2 aromatic rings. The highest BCUT2D eigenvalue weighted by atomic mass is 32.1. The number of carbonyl (C=O) groups excluding carboxylic acids is 1. The Labute approximate surface area is 134 Å². The molecule has 1 aliphatic heterocycles. The number of thiophene rings is 1. The van der Waals surface area contributed by atoms with Crippen LogP contribution in [0.1, 0.15) is 27.5 Å². The van der Waals surface area contributed by atoms with Gasteiger partial charge < -0.3 is 4.90 Å². The minimum Gasteiger partial charge on any atom is -0.336 e. The van der Waals surface area contributed by atoms with Gasteiger partial charge in [-0.25, -0.2) is 9.97 Å². The second kappa shape index (κ2) is 6.54. The number of likely N-dealkylation sites (N-methyl/N-ethyl adjacent to an activating group) is 1. The van der Waals surface area contributed by atoms with Crippen LogP contribution in [0.15, 0.2) is 29.9 Å². The van der Waals surface area contributed by atoms with E-state index in [0.717, 1.165) is 35.8 Å². The Hall–Kier alpha value is -1.79. The lowest BCUT2D eigenvalue weighted by Crippen LogP contribution is -2.36. The van der Waals surface area contributed by atoms with E-state index in [9.17, 15) is 4.79 Å². The smallest absolute Gasteiger partial charge is 0.264 e. The molecule has 0 aromatic carbocycles. The van der Waals surface area contributed by atoms with Crippen LogP contribution < -0.4 is 0 Å². The fourth-order valence-corrected chi connectivity index (χ4v) is 3.68. The summed E-state index contributed by atoms with van der Waals surface area (Å²) in [7, 11) is 2.07. The third-order valence-electron chi connectivity index (χ3n) is 4.14. The summed E-state index contributed by atoms with van der Waals surface area (Å²) in [5, 5.41) is 1.98. The standard InChI is InChI=1S/C16H20N4OS/c1-12-5-9-22-15(12)16(21)20-8-4-13(10-20)19(2)11-14-17-6-3-7-18-14/h3,5-7,9,13H,4,8,10-11H2,1-2H3. The van der Waals surface area contributed by atoms with Gasteiger partial charge in [-0.2, -0.15) is 0 Å². The van der Waals surface area contributed by atoms with Crippen LogP contribution >= 0.6 is 11.3 Å². The number of hydrogen-bond donors (Lipinski definition) is 0. The summed E-state index contributed by atoms with van der Waals surface area (Å²) >= 11 is 1.53. The maximum atomic E-state index is 12.5. The van der Waals surface area contributed by atoms with E-state index in [1.807, 2.05) is 29.3 Å². The molecule has 0 spiro atoms. The van der Waals surface area contributed by atoms with Crippen LogP contribution in [0.2, 0.25) is 0 Å². The van der Waals surface area contributed by atoms with Gasteiger partial charge in [0.05, 0.1) is 11.4 Å². The van der Waals surface area contributed by atoms with Crippen molar-refractivity contribution in [1.82, 2.24) is 19.8 Å². The number of hydrogen-bond acceptors (Lipinski definition) is 5. The zero-order valence-electron chi connectivity index (χ0n) is 12.9. The first-order valence-corrected chi connectivity index (χ1v) is 8.32. The first kappa shape index (κ1) is 15.1. The number of nitrogens with zero attached hydrogens (tertiary/aromatic N) is 4. The SMILES string of the molecule is Cc1ccsc1C(=O)N1CCC(N(C)Cc2ncccn2)C1. The van der Waals surface area contributed by atoms with E-state index < -0.39 is 0 Å². The summed E-state index contributed by atoms with van der Waals surface area (Å²) in [5.41, 5.74) is 1.07. The van der Waals surface area contributed by atoms with Crippen LogP contribution in [-0.4, -0.2) is 51.9 Å². The van der Waals surface area contributed by atoms with E-state index in [0.29, 0.717) is 12.6 Å². The number of rotatable bonds is 4. The monoisotopic (exact) mass is 316 g/mol. The molecule has 0 radical (unpaired) electrons. The second-order valence-electron chi connectivity index (χ2n) is 5.71.